The van der Waals surface area contributed by atoms with Crippen LogP contribution in [-0.2, 0) is 6.54 Å². The monoisotopic (exact) mass is 345 g/mol. The van der Waals surface area contributed by atoms with Gasteiger partial charge in [0.15, 0.2) is 0 Å². The summed E-state index contributed by atoms with van der Waals surface area (Å²) in [4.78, 5) is 16.2. The Morgan fingerprint density at radius 1 is 1.19 bits per heavy atom. The fraction of sp³-hybridized carbons (Fsp3) is 0.250. The van der Waals surface area contributed by atoms with Gasteiger partial charge in [-0.25, -0.2) is 4.98 Å². The number of amides is 1. The molecular formula is C16H16BrN3O. The van der Waals surface area contributed by atoms with E-state index in [2.05, 4.69) is 31.5 Å². The lowest BCUT2D eigenvalue weighted by Crippen LogP contribution is -2.25. The fourth-order valence-corrected chi connectivity index (χ4v) is 2.36. The Kier molecular flexibility index (Phi) is 4.20. The molecular weight excluding hydrogens is 330 g/mol. The third-order valence-electron chi connectivity index (χ3n) is 3.31. The van der Waals surface area contributed by atoms with Crippen molar-refractivity contribution in [1.29, 1.82) is 0 Å². The van der Waals surface area contributed by atoms with E-state index in [1.165, 1.54) is 0 Å². The molecule has 0 bridgehead atoms. The van der Waals surface area contributed by atoms with Gasteiger partial charge in [0.25, 0.3) is 5.91 Å². The summed E-state index contributed by atoms with van der Waals surface area (Å²) >= 11 is 3.36. The highest BCUT2D eigenvalue weighted by atomic mass is 79.9. The zero-order chi connectivity index (χ0) is 14.7. The molecule has 1 aromatic carbocycles. The first kappa shape index (κ1) is 14.1. The van der Waals surface area contributed by atoms with Crippen molar-refractivity contribution in [2.24, 2.45) is 0 Å². The van der Waals surface area contributed by atoms with Gasteiger partial charge in [-0.3, -0.25) is 4.79 Å². The third-order valence-corrected chi connectivity index (χ3v) is 3.75. The van der Waals surface area contributed by atoms with E-state index in [9.17, 15) is 4.79 Å². The summed E-state index contributed by atoms with van der Waals surface area (Å²) in [5.74, 6) is 0.0118. The second-order valence-electron chi connectivity index (χ2n) is 5.13. The molecule has 0 atom stereocenters. The number of hydrogen-bond acceptors (Lipinski definition) is 3. The van der Waals surface area contributed by atoms with Crippen molar-refractivity contribution in [2.75, 3.05) is 5.32 Å². The maximum Gasteiger partial charge on any atom is 0.251 e. The fourth-order valence-electron chi connectivity index (χ4n) is 1.98. The highest BCUT2D eigenvalue weighted by Crippen LogP contribution is 2.19. The maximum atomic E-state index is 11.9. The van der Waals surface area contributed by atoms with Gasteiger partial charge in [0.1, 0.15) is 4.60 Å². The van der Waals surface area contributed by atoms with Gasteiger partial charge in [-0.05, 0) is 65.2 Å². The van der Waals surface area contributed by atoms with Crippen molar-refractivity contribution in [1.82, 2.24) is 10.3 Å². The van der Waals surface area contributed by atoms with Crippen molar-refractivity contribution in [2.45, 2.75) is 25.4 Å². The standard InChI is InChI=1S/C16H16BrN3O/c17-15-3-1-2-14(19-15)10-18-12-6-4-11(5-7-12)16(21)20-13-8-9-13/h1-7,13,18H,8-10H2,(H,20,21). The van der Waals surface area contributed by atoms with E-state index >= 15 is 0 Å². The van der Waals surface area contributed by atoms with Crippen LogP contribution < -0.4 is 10.6 Å². The van der Waals surface area contributed by atoms with Gasteiger partial charge < -0.3 is 10.6 Å². The van der Waals surface area contributed by atoms with Crippen molar-refractivity contribution >= 4 is 27.5 Å². The maximum absolute atomic E-state index is 11.9. The van der Waals surface area contributed by atoms with Crippen LogP contribution >= 0.6 is 15.9 Å². The van der Waals surface area contributed by atoms with Crippen LogP contribution in [0.15, 0.2) is 47.1 Å². The minimum absolute atomic E-state index is 0.0118. The number of nitrogens with zero attached hydrogens (tertiary/aromatic N) is 1. The predicted molar refractivity (Wildman–Crippen MR) is 86.2 cm³/mol. The Balaban J connectivity index is 1.57. The SMILES string of the molecule is O=C(NC1CC1)c1ccc(NCc2cccc(Br)n2)cc1. The van der Waals surface area contributed by atoms with Gasteiger partial charge >= 0.3 is 0 Å². The van der Waals surface area contributed by atoms with Gasteiger partial charge in [0.2, 0.25) is 0 Å². The Morgan fingerprint density at radius 2 is 1.95 bits per heavy atom. The molecule has 0 radical (unpaired) electrons. The second kappa shape index (κ2) is 6.26. The lowest BCUT2D eigenvalue weighted by atomic mass is 10.2. The van der Waals surface area contributed by atoms with Crippen molar-refractivity contribution in [3.8, 4) is 0 Å². The lowest BCUT2D eigenvalue weighted by Gasteiger charge is -2.08. The van der Waals surface area contributed by atoms with Gasteiger partial charge in [0, 0.05) is 17.3 Å². The highest BCUT2D eigenvalue weighted by molar-refractivity contribution is 9.10. The number of halogens is 1. The summed E-state index contributed by atoms with van der Waals surface area (Å²) in [5.41, 5.74) is 2.63. The molecule has 0 spiro atoms. The molecule has 1 heterocycles. The summed E-state index contributed by atoms with van der Waals surface area (Å²) in [6.45, 7) is 0.646. The van der Waals surface area contributed by atoms with Crippen LogP contribution in [0.5, 0.6) is 0 Å². The molecule has 1 fully saturated rings. The molecule has 1 aromatic heterocycles. The number of carbonyl (C=O) groups excluding carboxylic acids is 1. The molecule has 2 aromatic rings. The van der Waals surface area contributed by atoms with Crippen LogP contribution in [0.3, 0.4) is 0 Å². The smallest absolute Gasteiger partial charge is 0.251 e. The molecule has 21 heavy (non-hydrogen) atoms. The highest BCUT2D eigenvalue weighted by Gasteiger charge is 2.23. The first-order chi connectivity index (χ1) is 10.2. The van der Waals surface area contributed by atoms with Gasteiger partial charge in [-0.1, -0.05) is 6.07 Å². The molecule has 1 amide bonds. The third kappa shape index (κ3) is 4.04. The first-order valence-electron chi connectivity index (χ1n) is 6.97. The molecule has 5 heteroatoms. The first-order valence-corrected chi connectivity index (χ1v) is 7.76. The number of anilines is 1. The summed E-state index contributed by atoms with van der Waals surface area (Å²) in [5, 5.41) is 6.27. The number of rotatable bonds is 5. The Labute approximate surface area is 132 Å². The Bertz CT molecular complexity index is 638. The van der Waals surface area contributed by atoms with Crippen LogP contribution in [0.2, 0.25) is 0 Å². The van der Waals surface area contributed by atoms with E-state index in [1.807, 2.05) is 42.5 Å². The molecule has 1 aliphatic rings. The molecule has 108 valence electrons. The zero-order valence-electron chi connectivity index (χ0n) is 11.5. The molecule has 1 saturated carbocycles. The van der Waals surface area contributed by atoms with Crippen LogP contribution in [0.25, 0.3) is 0 Å². The van der Waals surface area contributed by atoms with Gasteiger partial charge in [-0.15, -0.1) is 0 Å². The molecule has 3 rings (SSSR count). The number of nitrogens with one attached hydrogen (secondary N) is 2. The lowest BCUT2D eigenvalue weighted by molar-refractivity contribution is 0.0951. The number of hydrogen-bond donors (Lipinski definition) is 2. The van der Waals surface area contributed by atoms with E-state index < -0.39 is 0 Å². The topological polar surface area (TPSA) is 54.0 Å². The van der Waals surface area contributed by atoms with Crippen molar-refractivity contribution in [3.05, 3.63) is 58.3 Å². The molecule has 0 aliphatic heterocycles. The molecule has 2 N–H and O–H groups in total. The van der Waals surface area contributed by atoms with Crippen molar-refractivity contribution < 1.29 is 4.79 Å². The van der Waals surface area contributed by atoms with Crippen LogP contribution in [-0.4, -0.2) is 16.9 Å². The van der Waals surface area contributed by atoms with E-state index in [-0.39, 0.29) is 5.91 Å². The normalized spacial score (nSPS) is 13.8. The van der Waals surface area contributed by atoms with Gasteiger partial charge in [0.05, 0.1) is 12.2 Å². The summed E-state index contributed by atoms with van der Waals surface area (Å²) < 4.78 is 0.828. The molecule has 4 nitrogen and oxygen atoms in total. The Morgan fingerprint density at radius 3 is 2.62 bits per heavy atom. The number of carbonyl (C=O) groups is 1. The predicted octanol–water partition coefficient (Wildman–Crippen LogP) is 3.35. The minimum atomic E-state index is 0.0118. The van der Waals surface area contributed by atoms with Crippen LogP contribution in [0, 0.1) is 0 Å². The quantitative estimate of drug-likeness (QED) is 0.817. The Hall–Kier alpha value is -1.88. The zero-order valence-corrected chi connectivity index (χ0v) is 13.1. The van der Waals surface area contributed by atoms with Crippen LogP contribution in [0.4, 0.5) is 5.69 Å². The summed E-state index contributed by atoms with van der Waals surface area (Å²) in [6, 6.07) is 13.7. The minimum Gasteiger partial charge on any atom is -0.379 e. The van der Waals surface area contributed by atoms with Crippen LogP contribution in [0.1, 0.15) is 28.9 Å². The summed E-state index contributed by atoms with van der Waals surface area (Å²) in [7, 11) is 0. The van der Waals surface area contributed by atoms with Gasteiger partial charge in [-0.2, -0.15) is 0 Å². The number of aromatic nitrogens is 1. The van der Waals surface area contributed by atoms with E-state index in [1.54, 1.807) is 0 Å². The number of pyridine rings is 1. The average Bonchev–Trinajstić information content (AvgIpc) is 3.30. The average molecular weight is 346 g/mol. The molecule has 0 unspecified atom stereocenters. The molecule has 1 aliphatic carbocycles. The molecule has 0 saturated heterocycles. The second-order valence-corrected chi connectivity index (χ2v) is 5.94. The van der Waals surface area contributed by atoms with E-state index in [0.29, 0.717) is 18.2 Å². The summed E-state index contributed by atoms with van der Waals surface area (Å²) in [6.07, 6.45) is 2.20. The van der Waals surface area contributed by atoms with E-state index in [4.69, 9.17) is 0 Å². The van der Waals surface area contributed by atoms with E-state index in [0.717, 1.165) is 28.8 Å². The largest absolute Gasteiger partial charge is 0.379 e. The van der Waals surface area contributed by atoms with Crippen molar-refractivity contribution in [3.63, 3.8) is 0 Å². The number of benzene rings is 1.